The summed E-state index contributed by atoms with van der Waals surface area (Å²) in [7, 11) is 0. The SMILES string of the molecule is CC#CCCC(CC(C)(C)C)NCCC. The van der Waals surface area contributed by atoms with E-state index in [0.717, 1.165) is 13.0 Å². The number of hydrogen-bond acceptors (Lipinski definition) is 1. The third-order valence-electron chi connectivity index (χ3n) is 2.34. The van der Waals surface area contributed by atoms with Crippen LogP contribution in [-0.2, 0) is 0 Å². The van der Waals surface area contributed by atoms with Crippen LogP contribution in [-0.4, -0.2) is 12.6 Å². The maximum Gasteiger partial charge on any atom is 0.0103 e. The van der Waals surface area contributed by atoms with Crippen molar-refractivity contribution in [2.24, 2.45) is 5.41 Å². The van der Waals surface area contributed by atoms with Crippen LogP contribution >= 0.6 is 0 Å². The highest BCUT2D eigenvalue weighted by molar-refractivity contribution is 4.95. The van der Waals surface area contributed by atoms with E-state index in [2.05, 4.69) is 44.9 Å². The van der Waals surface area contributed by atoms with Crippen molar-refractivity contribution >= 4 is 0 Å². The molecule has 0 aliphatic carbocycles. The van der Waals surface area contributed by atoms with Gasteiger partial charge in [0.2, 0.25) is 0 Å². The predicted molar refractivity (Wildman–Crippen MR) is 68.8 cm³/mol. The van der Waals surface area contributed by atoms with Crippen molar-refractivity contribution in [1.29, 1.82) is 0 Å². The van der Waals surface area contributed by atoms with Gasteiger partial charge >= 0.3 is 0 Å². The summed E-state index contributed by atoms with van der Waals surface area (Å²) in [5.74, 6) is 6.12. The molecule has 1 heteroatoms. The van der Waals surface area contributed by atoms with Crippen molar-refractivity contribution in [2.45, 2.75) is 66.3 Å². The zero-order valence-corrected chi connectivity index (χ0v) is 11.1. The highest BCUT2D eigenvalue weighted by atomic mass is 14.9. The summed E-state index contributed by atoms with van der Waals surface area (Å²) in [6.45, 7) is 12.2. The summed E-state index contributed by atoms with van der Waals surface area (Å²) in [6, 6.07) is 0.630. The van der Waals surface area contributed by atoms with Crippen molar-refractivity contribution in [2.75, 3.05) is 6.54 Å². The van der Waals surface area contributed by atoms with Crippen LogP contribution in [0.3, 0.4) is 0 Å². The van der Waals surface area contributed by atoms with E-state index >= 15 is 0 Å². The molecule has 0 bridgehead atoms. The highest BCUT2D eigenvalue weighted by Crippen LogP contribution is 2.22. The minimum atomic E-state index is 0.408. The van der Waals surface area contributed by atoms with Crippen LogP contribution in [0.4, 0.5) is 0 Å². The summed E-state index contributed by atoms with van der Waals surface area (Å²) in [5, 5.41) is 3.62. The van der Waals surface area contributed by atoms with E-state index in [1.54, 1.807) is 0 Å². The summed E-state index contributed by atoms with van der Waals surface area (Å²) in [6.07, 6.45) is 4.64. The van der Waals surface area contributed by atoms with Gasteiger partial charge in [0.25, 0.3) is 0 Å². The Kier molecular flexibility index (Phi) is 7.52. The minimum absolute atomic E-state index is 0.408. The molecule has 0 aromatic carbocycles. The first-order valence-corrected chi connectivity index (χ1v) is 6.12. The molecular weight excluding hydrogens is 182 g/mol. The predicted octanol–water partition coefficient (Wildman–Crippen LogP) is 3.59. The Labute approximate surface area is 96.0 Å². The second-order valence-electron chi connectivity index (χ2n) is 5.38. The Morgan fingerprint density at radius 2 is 1.93 bits per heavy atom. The molecule has 0 amide bonds. The molecule has 0 fully saturated rings. The molecule has 0 saturated carbocycles. The molecule has 15 heavy (non-hydrogen) atoms. The molecule has 0 aliphatic heterocycles. The molecule has 0 spiro atoms. The van der Waals surface area contributed by atoms with Crippen molar-refractivity contribution in [3.8, 4) is 11.8 Å². The third-order valence-corrected chi connectivity index (χ3v) is 2.34. The van der Waals surface area contributed by atoms with Crippen LogP contribution in [0.2, 0.25) is 0 Å². The van der Waals surface area contributed by atoms with Gasteiger partial charge in [0, 0.05) is 12.5 Å². The summed E-state index contributed by atoms with van der Waals surface area (Å²) in [5.41, 5.74) is 0.408. The quantitative estimate of drug-likeness (QED) is 0.659. The molecule has 1 nitrogen and oxygen atoms in total. The fourth-order valence-electron chi connectivity index (χ4n) is 1.74. The molecule has 0 aromatic heterocycles. The largest absolute Gasteiger partial charge is 0.314 e. The van der Waals surface area contributed by atoms with Crippen LogP contribution in [0.15, 0.2) is 0 Å². The lowest BCUT2D eigenvalue weighted by Gasteiger charge is -2.26. The monoisotopic (exact) mass is 209 g/mol. The molecule has 88 valence electrons. The molecule has 0 saturated heterocycles. The molecule has 1 atom stereocenters. The molecule has 1 unspecified atom stereocenters. The summed E-state index contributed by atoms with van der Waals surface area (Å²) < 4.78 is 0. The van der Waals surface area contributed by atoms with Gasteiger partial charge in [-0.25, -0.2) is 0 Å². The van der Waals surface area contributed by atoms with E-state index in [1.807, 2.05) is 6.92 Å². The summed E-state index contributed by atoms with van der Waals surface area (Å²) in [4.78, 5) is 0. The highest BCUT2D eigenvalue weighted by Gasteiger charge is 2.17. The lowest BCUT2D eigenvalue weighted by atomic mass is 9.86. The van der Waals surface area contributed by atoms with E-state index in [9.17, 15) is 0 Å². The van der Waals surface area contributed by atoms with Gasteiger partial charge in [-0.2, -0.15) is 0 Å². The normalized spacial score (nSPS) is 13.1. The van der Waals surface area contributed by atoms with Gasteiger partial charge in [0.15, 0.2) is 0 Å². The lowest BCUT2D eigenvalue weighted by Crippen LogP contribution is -2.33. The molecule has 0 aliphatic rings. The van der Waals surface area contributed by atoms with Crippen LogP contribution in [0.5, 0.6) is 0 Å². The van der Waals surface area contributed by atoms with Gasteiger partial charge in [-0.05, 0) is 38.1 Å². The minimum Gasteiger partial charge on any atom is -0.314 e. The van der Waals surface area contributed by atoms with Gasteiger partial charge in [-0.3, -0.25) is 0 Å². The maximum atomic E-state index is 3.62. The fraction of sp³-hybridized carbons (Fsp3) is 0.857. The van der Waals surface area contributed by atoms with E-state index in [-0.39, 0.29) is 0 Å². The lowest BCUT2D eigenvalue weighted by molar-refractivity contribution is 0.300. The average molecular weight is 209 g/mol. The van der Waals surface area contributed by atoms with E-state index in [4.69, 9.17) is 0 Å². The molecule has 0 aromatic rings. The number of hydrogen-bond donors (Lipinski definition) is 1. The molecule has 0 radical (unpaired) electrons. The Morgan fingerprint density at radius 1 is 1.27 bits per heavy atom. The standard InChI is InChI=1S/C14H27N/c1-6-8-9-10-13(15-11-7-2)12-14(3,4)5/h13,15H,7,9-12H2,1-5H3. The molecule has 0 rings (SSSR count). The molecule has 1 N–H and O–H groups in total. The van der Waals surface area contributed by atoms with Gasteiger partial charge in [-0.1, -0.05) is 27.7 Å². The van der Waals surface area contributed by atoms with Crippen LogP contribution < -0.4 is 5.32 Å². The average Bonchev–Trinajstić information content (AvgIpc) is 2.12. The Morgan fingerprint density at radius 3 is 2.40 bits per heavy atom. The topological polar surface area (TPSA) is 12.0 Å². The fourth-order valence-corrected chi connectivity index (χ4v) is 1.74. The first-order valence-electron chi connectivity index (χ1n) is 6.12. The smallest absolute Gasteiger partial charge is 0.0103 e. The van der Waals surface area contributed by atoms with Crippen molar-refractivity contribution in [1.82, 2.24) is 5.32 Å². The number of nitrogens with one attached hydrogen (secondary N) is 1. The van der Waals surface area contributed by atoms with Crippen molar-refractivity contribution in [3.63, 3.8) is 0 Å². The number of rotatable bonds is 6. The second-order valence-corrected chi connectivity index (χ2v) is 5.38. The van der Waals surface area contributed by atoms with Gasteiger partial charge < -0.3 is 5.32 Å². The van der Waals surface area contributed by atoms with E-state index in [1.165, 1.54) is 19.3 Å². The van der Waals surface area contributed by atoms with Gasteiger partial charge in [-0.15, -0.1) is 11.8 Å². The zero-order chi connectivity index (χ0) is 11.7. The summed E-state index contributed by atoms with van der Waals surface area (Å²) >= 11 is 0. The van der Waals surface area contributed by atoms with Crippen LogP contribution in [0.25, 0.3) is 0 Å². The molecular formula is C14H27N. The third kappa shape index (κ3) is 9.82. The molecule has 0 heterocycles. The van der Waals surface area contributed by atoms with Crippen molar-refractivity contribution in [3.05, 3.63) is 0 Å². The van der Waals surface area contributed by atoms with Gasteiger partial charge in [0.1, 0.15) is 0 Å². The van der Waals surface area contributed by atoms with Crippen LogP contribution in [0.1, 0.15) is 60.3 Å². The first kappa shape index (κ1) is 14.5. The Balaban J connectivity index is 3.98. The van der Waals surface area contributed by atoms with Crippen LogP contribution in [0, 0.1) is 17.3 Å². The van der Waals surface area contributed by atoms with E-state index < -0.39 is 0 Å². The zero-order valence-electron chi connectivity index (χ0n) is 11.1. The second kappa shape index (κ2) is 7.77. The maximum absolute atomic E-state index is 3.62. The first-order chi connectivity index (χ1) is 6.99. The van der Waals surface area contributed by atoms with Gasteiger partial charge in [0.05, 0.1) is 0 Å². The van der Waals surface area contributed by atoms with Crippen molar-refractivity contribution < 1.29 is 0 Å². The van der Waals surface area contributed by atoms with E-state index in [0.29, 0.717) is 11.5 Å². The Hall–Kier alpha value is -0.480. The Bertz CT molecular complexity index is 202.